The summed E-state index contributed by atoms with van der Waals surface area (Å²) in [6.07, 6.45) is 1.24. The molecular formula is C27H35N3O6S2. The lowest BCUT2D eigenvalue weighted by molar-refractivity contribution is -0.116. The first-order valence-corrected chi connectivity index (χ1v) is 14.2. The van der Waals surface area contributed by atoms with Crippen LogP contribution in [0.25, 0.3) is 0 Å². The number of esters is 1. The Hall–Kier alpha value is -3.05. The third-order valence-corrected chi connectivity index (χ3v) is 7.84. The Labute approximate surface area is 231 Å². The third kappa shape index (κ3) is 7.73. The molecule has 206 valence electrons. The van der Waals surface area contributed by atoms with Gasteiger partial charge in [0, 0.05) is 28.4 Å². The summed E-state index contributed by atoms with van der Waals surface area (Å²) in [4.78, 5) is 53.6. The molecule has 1 atom stereocenters. The van der Waals surface area contributed by atoms with Gasteiger partial charge in [-0.2, -0.15) is 0 Å². The molecule has 1 aliphatic rings. The Bertz CT molecular complexity index is 1200. The summed E-state index contributed by atoms with van der Waals surface area (Å²) in [6, 6.07) is 7.34. The molecule has 0 radical (unpaired) electrons. The second kappa shape index (κ2) is 12.7. The Balaban J connectivity index is 1.74. The molecule has 1 aromatic heterocycles. The average Bonchev–Trinajstić information content (AvgIpc) is 3.19. The zero-order valence-corrected chi connectivity index (χ0v) is 24.3. The molecule has 38 heavy (non-hydrogen) atoms. The van der Waals surface area contributed by atoms with E-state index in [1.54, 1.807) is 11.8 Å². The van der Waals surface area contributed by atoms with Crippen molar-refractivity contribution in [2.24, 2.45) is 0 Å². The van der Waals surface area contributed by atoms with Gasteiger partial charge in [-0.25, -0.2) is 9.59 Å². The van der Waals surface area contributed by atoms with E-state index in [1.807, 2.05) is 52.0 Å². The fourth-order valence-electron chi connectivity index (χ4n) is 3.86. The van der Waals surface area contributed by atoms with Crippen molar-refractivity contribution in [1.29, 1.82) is 0 Å². The Kier molecular flexibility index (Phi) is 9.83. The Morgan fingerprint density at radius 3 is 2.58 bits per heavy atom. The second-order valence-corrected chi connectivity index (χ2v) is 12.4. The molecule has 0 spiro atoms. The van der Waals surface area contributed by atoms with E-state index in [2.05, 4.69) is 10.6 Å². The molecule has 2 aromatic rings. The minimum Gasteiger partial charge on any atom is -0.465 e. The first kappa shape index (κ1) is 29.5. The van der Waals surface area contributed by atoms with Gasteiger partial charge in [-0.15, -0.1) is 23.1 Å². The van der Waals surface area contributed by atoms with Gasteiger partial charge in [0.15, 0.2) is 0 Å². The van der Waals surface area contributed by atoms with Gasteiger partial charge in [0.1, 0.15) is 10.6 Å². The summed E-state index contributed by atoms with van der Waals surface area (Å²) in [5, 5.41) is 5.69. The van der Waals surface area contributed by atoms with Gasteiger partial charge in [-0.05, 0) is 64.3 Å². The predicted molar refractivity (Wildman–Crippen MR) is 150 cm³/mol. The second-order valence-electron chi connectivity index (χ2n) is 9.93. The van der Waals surface area contributed by atoms with E-state index in [4.69, 9.17) is 9.47 Å². The number of hydrogen-bond donors (Lipinski definition) is 2. The van der Waals surface area contributed by atoms with Crippen molar-refractivity contribution in [1.82, 2.24) is 4.90 Å². The average molecular weight is 562 g/mol. The van der Waals surface area contributed by atoms with Crippen LogP contribution in [0.3, 0.4) is 0 Å². The highest BCUT2D eigenvalue weighted by Crippen LogP contribution is 2.38. The number of benzene rings is 1. The van der Waals surface area contributed by atoms with Crippen LogP contribution >= 0.6 is 23.1 Å². The lowest BCUT2D eigenvalue weighted by Crippen LogP contribution is -2.39. The largest absolute Gasteiger partial charge is 0.465 e. The van der Waals surface area contributed by atoms with Crippen LogP contribution in [-0.2, 0) is 32.0 Å². The number of carbonyl (C=O) groups excluding carboxylic acids is 4. The molecular weight excluding hydrogens is 526 g/mol. The molecule has 1 aromatic carbocycles. The van der Waals surface area contributed by atoms with Crippen LogP contribution in [0.5, 0.6) is 0 Å². The standard InChI is InChI=1S/C27H35N3O6S2/c1-7-9-21(31)28-17-10-8-11-18(14-17)37-16(2)23(32)29-24-22(25(33)35-6)19-12-13-30(15-20(19)38-24)26(34)36-27(3,4)5/h8,10-11,14,16H,7,9,12-13,15H2,1-6H3,(H,28,31)(H,29,32). The number of fused-ring (bicyclic) bond motifs is 1. The van der Waals surface area contributed by atoms with Crippen LogP contribution in [0.4, 0.5) is 15.5 Å². The number of carbonyl (C=O) groups is 4. The van der Waals surface area contributed by atoms with Crippen molar-refractivity contribution in [2.75, 3.05) is 24.3 Å². The van der Waals surface area contributed by atoms with Crippen molar-refractivity contribution in [2.45, 2.75) is 76.2 Å². The van der Waals surface area contributed by atoms with Crippen molar-refractivity contribution < 1.29 is 28.7 Å². The van der Waals surface area contributed by atoms with E-state index >= 15 is 0 Å². The molecule has 2 heterocycles. The highest BCUT2D eigenvalue weighted by Gasteiger charge is 2.33. The summed E-state index contributed by atoms with van der Waals surface area (Å²) >= 11 is 2.62. The lowest BCUT2D eigenvalue weighted by atomic mass is 10.0. The fourth-order valence-corrected chi connectivity index (χ4v) is 6.04. The lowest BCUT2D eigenvalue weighted by Gasteiger charge is -2.30. The zero-order chi connectivity index (χ0) is 28.0. The topological polar surface area (TPSA) is 114 Å². The van der Waals surface area contributed by atoms with Gasteiger partial charge >= 0.3 is 12.1 Å². The maximum Gasteiger partial charge on any atom is 0.410 e. The summed E-state index contributed by atoms with van der Waals surface area (Å²) in [5.74, 6) is -0.856. The van der Waals surface area contributed by atoms with E-state index in [0.29, 0.717) is 35.6 Å². The SMILES string of the molecule is CCCC(=O)Nc1cccc(SC(C)C(=O)Nc2sc3c(c2C(=O)OC)CCN(C(=O)OC(C)(C)C)C3)c1. The van der Waals surface area contributed by atoms with Gasteiger partial charge in [0.2, 0.25) is 11.8 Å². The maximum atomic E-state index is 13.1. The molecule has 0 saturated heterocycles. The van der Waals surface area contributed by atoms with Crippen LogP contribution in [0.2, 0.25) is 0 Å². The number of amides is 3. The number of ether oxygens (including phenoxy) is 2. The molecule has 3 rings (SSSR count). The number of rotatable bonds is 8. The zero-order valence-electron chi connectivity index (χ0n) is 22.6. The van der Waals surface area contributed by atoms with Crippen molar-refractivity contribution in [3.8, 4) is 0 Å². The molecule has 3 amide bonds. The summed E-state index contributed by atoms with van der Waals surface area (Å²) in [5.41, 5.74) is 1.18. The molecule has 9 nitrogen and oxygen atoms in total. The fraction of sp³-hybridized carbons (Fsp3) is 0.481. The van der Waals surface area contributed by atoms with E-state index in [9.17, 15) is 19.2 Å². The van der Waals surface area contributed by atoms with Crippen molar-refractivity contribution >= 4 is 57.7 Å². The molecule has 0 fully saturated rings. The molecule has 1 aliphatic heterocycles. The van der Waals surface area contributed by atoms with E-state index in [1.165, 1.54) is 30.2 Å². The van der Waals surface area contributed by atoms with E-state index < -0.39 is 22.9 Å². The third-order valence-electron chi connectivity index (χ3n) is 5.61. The summed E-state index contributed by atoms with van der Waals surface area (Å²) < 4.78 is 10.5. The molecule has 0 saturated carbocycles. The number of thiophene rings is 1. The van der Waals surface area contributed by atoms with Gasteiger partial charge in [0.05, 0.1) is 24.5 Å². The number of anilines is 2. The van der Waals surface area contributed by atoms with Gasteiger partial charge < -0.3 is 25.0 Å². The monoisotopic (exact) mass is 561 g/mol. The van der Waals surface area contributed by atoms with Crippen LogP contribution < -0.4 is 10.6 Å². The Morgan fingerprint density at radius 2 is 1.92 bits per heavy atom. The highest BCUT2D eigenvalue weighted by molar-refractivity contribution is 8.00. The number of thioether (sulfide) groups is 1. The van der Waals surface area contributed by atoms with Gasteiger partial charge in [-0.1, -0.05) is 13.0 Å². The Morgan fingerprint density at radius 1 is 1.18 bits per heavy atom. The first-order chi connectivity index (χ1) is 17.9. The number of nitrogens with zero attached hydrogens (tertiary/aromatic N) is 1. The van der Waals surface area contributed by atoms with Crippen LogP contribution in [-0.4, -0.2) is 53.3 Å². The summed E-state index contributed by atoms with van der Waals surface area (Å²) in [7, 11) is 1.30. The van der Waals surface area contributed by atoms with Crippen LogP contribution in [0, 0.1) is 0 Å². The predicted octanol–water partition coefficient (Wildman–Crippen LogP) is 5.69. The first-order valence-electron chi connectivity index (χ1n) is 12.5. The van der Waals surface area contributed by atoms with Crippen molar-refractivity contribution in [3.05, 3.63) is 40.3 Å². The smallest absolute Gasteiger partial charge is 0.410 e. The summed E-state index contributed by atoms with van der Waals surface area (Å²) in [6.45, 7) is 9.84. The number of hydrogen-bond acceptors (Lipinski definition) is 8. The molecule has 0 bridgehead atoms. The number of methoxy groups -OCH3 is 1. The van der Waals surface area contributed by atoms with Crippen molar-refractivity contribution in [3.63, 3.8) is 0 Å². The van der Waals surface area contributed by atoms with Gasteiger partial charge in [0.25, 0.3) is 0 Å². The van der Waals surface area contributed by atoms with E-state index in [-0.39, 0.29) is 18.4 Å². The minimum absolute atomic E-state index is 0.0531. The van der Waals surface area contributed by atoms with Crippen LogP contribution in [0.15, 0.2) is 29.2 Å². The maximum absolute atomic E-state index is 13.1. The van der Waals surface area contributed by atoms with Crippen LogP contribution in [0.1, 0.15) is 68.3 Å². The van der Waals surface area contributed by atoms with E-state index in [0.717, 1.165) is 21.8 Å². The molecule has 2 N–H and O–H groups in total. The highest BCUT2D eigenvalue weighted by atomic mass is 32.2. The number of nitrogens with one attached hydrogen (secondary N) is 2. The van der Waals surface area contributed by atoms with Gasteiger partial charge in [-0.3, -0.25) is 9.59 Å². The quantitative estimate of drug-likeness (QED) is 0.315. The molecule has 0 aliphatic carbocycles. The molecule has 11 heteroatoms. The molecule has 1 unspecified atom stereocenters. The minimum atomic E-state index is -0.614. The normalized spacial score (nSPS) is 13.8.